The number of aliphatic hydroxyl groups excluding tert-OH is 6. The van der Waals surface area contributed by atoms with Crippen LogP contribution in [-0.4, -0.2) is 67.8 Å². The summed E-state index contributed by atoms with van der Waals surface area (Å²) in [4.78, 5) is 0. The first kappa shape index (κ1) is 28.4. The van der Waals surface area contributed by atoms with Crippen molar-refractivity contribution in [2.45, 2.75) is 84.4 Å². The van der Waals surface area contributed by atoms with Crippen LogP contribution < -0.4 is 0 Å². The van der Waals surface area contributed by atoms with E-state index in [1.54, 1.807) is 0 Å². The van der Waals surface area contributed by atoms with Gasteiger partial charge in [0.1, 0.15) is 24.4 Å². The molecule has 0 aliphatic heterocycles. The van der Waals surface area contributed by atoms with Crippen molar-refractivity contribution < 1.29 is 30.6 Å². The predicted molar refractivity (Wildman–Crippen MR) is 134 cm³/mol. The Morgan fingerprint density at radius 3 is 1.62 bits per heavy atom. The van der Waals surface area contributed by atoms with Crippen LogP contribution in [0.4, 0.5) is 0 Å². The molecule has 0 bridgehead atoms. The lowest BCUT2D eigenvalue weighted by molar-refractivity contribution is -0.149. The first-order valence-corrected chi connectivity index (χ1v) is 12.1. The van der Waals surface area contributed by atoms with E-state index in [-0.39, 0.29) is 5.92 Å². The van der Waals surface area contributed by atoms with E-state index < -0.39 is 43.0 Å². The monoisotopic (exact) mass is 474 g/mol. The van der Waals surface area contributed by atoms with Gasteiger partial charge in [0.15, 0.2) is 0 Å². The number of hydrogen-bond acceptors (Lipinski definition) is 6. The number of hydrogen-bond donors (Lipinski definition) is 6. The fraction of sp³-hybridized carbons (Fsp3) is 0.571. The molecule has 0 spiro atoms. The number of aliphatic hydroxyl groups is 6. The van der Waals surface area contributed by atoms with Crippen LogP contribution in [0.15, 0.2) is 36.4 Å². The third-order valence-electron chi connectivity index (χ3n) is 7.30. The Bertz CT molecular complexity index is 914. The third kappa shape index (κ3) is 7.11. The van der Waals surface area contributed by atoms with Crippen molar-refractivity contribution in [3.8, 4) is 0 Å². The molecule has 0 heterocycles. The lowest BCUT2D eigenvalue weighted by atomic mass is 9.79. The SMILES string of the molecule is Cc1cccc(CC(C)CC(Cc2cccc(C)c2C)C(O)[C@@H](O)[C@@H](O)[C@H](O)[C@@H](O)CO)c1C. The largest absolute Gasteiger partial charge is 0.394 e. The summed E-state index contributed by atoms with van der Waals surface area (Å²) in [5, 5.41) is 61.0. The van der Waals surface area contributed by atoms with Crippen LogP contribution >= 0.6 is 0 Å². The highest BCUT2D eigenvalue weighted by atomic mass is 16.4. The van der Waals surface area contributed by atoms with Crippen molar-refractivity contribution >= 4 is 0 Å². The molecule has 6 nitrogen and oxygen atoms in total. The summed E-state index contributed by atoms with van der Waals surface area (Å²) >= 11 is 0. The zero-order valence-electron chi connectivity index (χ0n) is 21.0. The lowest BCUT2D eigenvalue weighted by Crippen LogP contribution is -2.52. The van der Waals surface area contributed by atoms with Gasteiger partial charge in [-0.3, -0.25) is 0 Å². The third-order valence-corrected chi connectivity index (χ3v) is 7.30. The van der Waals surface area contributed by atoms with E-state index in [1.165, 1.54) is 16.7 Å². The van der Waals surface area contributed by atoms with E-state index in [2.05, 4.69) is 32.9 Å². The number of rotatable bonds is 12. The summed E-state index contributed by atoms with van der Waals surface area (Å²) in [5.74, 6) is -0.216. The molecule has 0 aliphatic rings. The van der Waals surface area contributed by atoms with Crippen LogP contribution in [0.2, 0.25) is 0 Å². The minimum Gasteiger partial charge on any atom is -0.394 e. The van der Waals surface area contributed by atoms with Crippen molar-refractivity contribution in [1.29, 1.82) is 0 Å². The van der Waals surface area contributed by atoms with Crippen LogP contribution in [0.3, 0.4) is 0 Å². The highest BCUT2D eigenvalue weighted by molar-refractivity contribution is 5.34. The fourth-order valence-corrected chi connectivity index (χ4v) is 4.69. The van der Waals surface area contributed by atoms with E-state index in [4.69, 9.17) is 5.11 Å². The summed E-state index contributed by atoms with van der Waals surface area (Å²) in [6.07, 6.45) is -6.31. The zero-order valence-corrected chi connectivity index (χ0v) is 21.0. The van der Waals surface area contributed by atoms with E-state index >= 15 is 0 Å². The van der Waals surface area contributed by atoms with Crippen LogP contribution in [0.25, 0.3) is 0 Å². The van der Waals surface area contributed by atoms with Gasteiger partial charge in [-0.15, -0.1) is 0 Å². The van der Waals surface area contributed by atoms with Gasteiger partial charge in [0.05, 0.1) is 12.7 Å². The summed E-state index contributed by atoms with van der Waals surface area (Å²) in [7, 11) is 0. The highest BCUT2D eigenvalue weighted by Gasteiger charge is 2.38. The fourth-order valence-electron chi connectivity index (χ4n) is 4.69. The number of benzene rings is 2. The van der Waals surface area contributed by atoms with Crippen LogP contribution in [0.1, 0.15) is 46.7 Å². The molecule has 0 saturated carbocycles. The summed E-state index contributed by atoms with van der Waals surface area (Å²) < 4.78 is 0. The van der Waals surface area contributed by atoms with Crippen LogP contribution in [-0.2, 0) is 12.8 Å². The van der Waals surface area contributed by atoms with Gasteiger partial charge in [-0.25, -0.2) is 0 Å². The van der Waals surface area contributed by atoms with Gasteiger partial charge < -0.3 is 30.6 Å². The topological polar surface area (TPSA) is 121 Å². The molecule has 0 aliphatic carbocycles. The van der Waals surface area contributed by atoms with Gasteiger partial charge >= 0.3 is 0 Å². The van der Waals surface area contributed by atoms with Gasteiger partial charge in [-0.05, 0) is 92.2 Å². The summed E-state index contributed by atoms with van der Waals surface area (Å²) in [5.41, 5.74) is 7.03. The van der Waals surface area contributed by atoms with Crippen molar-refractivity contribution in [3.05, 3.63) is 69.8 Å². The van der Waals surface area contributed by atoms with E-state index in [0.717, 1.165) is 23.1 Å². The zero-order chi connectivity index (χ0) is 25.6. The molecular weight excluding hydrogens is 432 g/mol. The van der Waals surface area contributed by atoms with E-state index in [0.29, 0.717) is 12.8 Å². The minimum absolute atomic E-state index is 0.183. The second-order valence-corrected chi connectivity index (χ2v) is 9.94. The van der Waals surface area contributed by atoms with Gasteiger partial charge in [0, 0.05) is 0 Å². The normalized spacial score (nSPS) is 18.1. The molecule has 34 heavy (non-hydrogen) atoms. The van der Waals surface area contributed by atoms with Gasteiger partial charge in [-0.1, -0.05) is 43.3 Å². The lowest BCUT2D eigenvalue weighted by Gasteiger charge is -2.34. The molecule has 7 atom stereocenters. The first-order chi connectivity index (χ1) is 16.0. The molecule has 190 valence electrons. The predicted octanol–water partition coefficient (Wildman–Crippen LogP) is 2.14. The average Bonchev–Trinajstić information content (AvgIpc) is 2.81. The maximum absolute atomic E-state index is 11.1. The molecule has 6 heteroatoms. The molecule has 2 aromatic rings. The first-order valence-electron chi connectivity index (χ1n) is 12.1. The van der Waals surface area contributed by atoms with Crippen molar-refractivity contribution in [2.75, 3.05) is 6.61 Å². The second-order valence-electron chi connectivity index (χ2n) is 9.94. The molecule has 6 N–H and O–H groups in total. The van der Waals surface area contributed by atoms with Gasteiger partial charge in [0.2, 0.25) is 0 Å². The van der Waals surface area contributed by atoms with Crippen molar-refractivity contribution in [2.24, 2.45) is 11.8 Å². The molecule has 0 amide bonds. The molecule has 0 saturated heterocycles. The molecule has 2 rings (SSSR count). The van der Waals surface area contributed by atoms with Gasteiger partial charge in [-0.2, -0.15) is 0 Å². The van der Waals surface area contributed by atoms with E-state index in [1.807, 2.05) is 38.1 Å². The van der Waals surface area contributed by atoms with Crippen molar-refractivity contribution in [3.63, 3.8) is 0 Å². The van der Waals surface area contributed by atoms with Gasteiger partial charge in [0.25, 0.3) is 0 Å². The summed E-state index contributed by atoms with van der Waals surface area (Å²) in [6.45, 7) is 9.59. The Morgan fingerprint density at radius 2 is 1.12 bits per heavy atom. The smallest absolute Gasteiger partial charge is 0.111 e. The Balaban J connectivity index is 2.27. The van der Waals surface area contributed by atoms with Crippen LogP contribution in [0, 0.1) is 39.5 Å². The molecule has 0 radical (unpaired) electrons. The minimum atomic E-state index is -1.80. The Labute approximate surface area is 203 Å². The van der Waals surface area contributed by atoms with Crippen LogP contribution in [0.5, 0.6) is 0 Å². The maximum Gasteiger partial charge on any atom is 0.111 e. The Morgan fingerprint density at radius 1 is 0.647 bits per heavy atom. The number of aryl methyl sites for hydroxylation is 2. The molecular formula is C28H42O6. The molecule has 0 fully saturated rings. The molecule has 2 aromatic carbocycles. The Kier molecular flexibility index (Phi) is 10.7. The maximum atomic E-state index is 11.1. The van der Waals surface area contributed by atoms with Crippen molar-refractivity contribution in [1.82, 2.24) is 0 Å². The molecule has 3 unspecified atom stereocenters. The Hall–Kier alpha value is -1.80. The molecule has 0 aromatic heterocycles. The van der Waals surface area contributed by atoms with E-state index in [9.17, 15) is 25.5 Å². The highest BCUT2D eigenvalue weighted by Crippen LogP contribution is 2.29. The average molecular weight is 475 g/mol. The summed E-state index contributed by atoms with van der Waals surface area (Å²) in [6, 6.07) is 12.2. The standard InChI is InChI=1S/C28H42O6/c1-16(12-21-10-6-8-17(2)19(21)4)13-23(14-22-11-7-9-18(3)20(22)5)25(31)27(33)28(34)26(32)24(30)15-29/h6-11,16,23-34H,12-15H2,1-5H3/t16?,23?,24-,25?,26+,27+,28-/m0/s1. The second kappa shape index (κ2) is 12.8. The quantitative estimate of drug-likeness (QED) is 0.280.